The number of nitrogens with one attached hydrogen (secondary N) is 1. The van der Waals surface area contributed by atoms with Gasteiger partial charge in [0, 0.05) is 6.20 Å². The van der Waals surface area contributed by atoms with Crippen LogP contribution in [0.2, 0.25) is 0 Å². The van der Waals surface area contributed by atoms with Gasteiger partial charge in [0.15, 0.2) is 0 Å². The third-order valence-corrected chi connectivity index (χ3v) is 1.80. The van der Waals surface area contributed by atoms with E-state index in [1.165, 1.54) is 4.98 Å². The lowest BCUT2D eigenvalue weighted by atomic mass is 10.1. The number of aromatic amines is 1. The van der Waals surface area contributed by atoms with Gasteiger partial charge in [0.05, 0.1) is 10.5 Å². The molecule has 17 heavy (non-hydrogen) atoms. The molecular weight excluding hydrogens is 255 g/mol. The van der Waals surface area contributed by atoms with Crippen LogP contribution in [0.3, 0.4) is 0 Å². The van der Waals surface area contributed by atoms with Crippen molar-refractivity contribution >= 4 is 5.69 Å². The van der Waals surface area contributed by atoms with Gasteiger partial charge in [0.25, 0.3) is 6.43 Å². The summed E-state index contributed by atoms with van der Waals surface area (Å²) in [5.41, 5.74) is -7.48. The zero-order chi connectivity index (χ0) is 13.4. The van der Waals surface area contributed by atoms with Crippen LogP contribution < -0.4 is 5.56 Å². The summed E-state index contributed by atoms with van der Waals surface area (Å²) in [5, 5.41) is 10.3. The van der Waals surface area contributed by atoms with Crippen molar-refractivity contribution < 1.29 is 26.9 Å². The molecule has 0 saturated carbocycles. The molecule has 0 aromatic carbocycles. The third-order valence-electron chi connectivity index (χ3n) is 1.80. The summed E-state index contributed by atoms with van der Waals surface area (Å²) < 4.78 is 61.8. The molecule has 94 valence electrons. The van der Waals surface area contributed by atoms with Crippen LogP contribution in [-0.2, 0) is 6.18 Å². The Balaban J connectivity index is 3.75. The average molecular weight is 258 g/mol. The van der Waals surface area contributed by atoms with E-state index in [0.717, 1.165) is 0 Å². The highest BCUT2D eigenvalue weighted by Crippen LogP contribution is 2.39. The number of rotatable bonds is 2. The van der Waals surface area contributed by atoms with Crippen molar-refractivity contribution in [3.05, 3.63) is 37.8 Å². The highest BCUT2D eigenvalue weighted by Gasteiger charge is 2.44. The zero-order valence-electron chi connectivity index (χ0n) is 7.72. The summed E-state index contributed by atoms with van der Waals surface area (Å²) in [5.74, 6) is 0. The summed E-state index contributed by atoms with van der Waals surface area (Å²) in [6.45, 7) is 0. The van der Waals surface area contributed by atoms with E-state index in [1.54, 1.807) is 0 Å². The van der Waals surface area contributed by atoms with Crippen LogP contribution in [0.5, 0.6) is 0 Å². The van der Waals surface area contributed by atoms with E-state index in [2.05, 4.69) is 0 Å². The Hall–Kier alpha value is -2.00. The molecule has 0 atom stereocenters. The Morgan fingerprint density at radius 2 is 1.88 bits per heavy atom. The molecule has 1 aromatic rings. The van der Waals surface area contributed by atoms with Crippen molar-refractivity contribution in [2.24, 2.45) is 0 Å². The second-order valence-corrected chi connectivity index (χ2v) is 2.85. The smallest absolute Gasteiger partial charge is 0.323 e. The van der Waals surface area contributed by atoms with E-state index < -0.39 is 39.9 Å². The van der Waals surface area contributed by atoms with Crippen LogP contribution in [-0.4, -0.2) is 9.91 Å². The maximum atomic E-state index is 12.4. The van der Waals surface area contributed by atoms with E-state index >= 15 is 0 Å². The number of H-pyrrole nitrogens is 1. The predicted molar refractivity (Wildman–Crippen MR) is 43.7 cm³/mol. The number of nitro groups is 1. The maximum Gasteiger partial charge on any atom is 0.423 e. The fraction of sp³-hybridized carbons (Fsp3) is 0.286. The van der Waals surface area contributed by atoms with Crippen molar-refractivity contribution in [3.8, 4) is 0 Å². The molecule has 1 heterocycles. The molecule has 1 aromatic heterocycles. The molecular formula is C7H3F5N2O3. The Bertz CT molecular complexity index is 507. The van der Waals surface area contributed by atoms with E-state index in [0.29, 0.717) is 0 Å². The number of alkyl halides is 5. The number of hydrogen-bond acceptors (Lipinski definition) is 3. The predicted octanol–water partition coefficient (Wildman–Crippen LogP) is 2.24. The third kappa shape index (κ3) is 2.40. The first kappa shape index (κ1) is 13.1. The van der Waals surface area contributed by atoms with Crippen LogP contribution in [0.1, 0.15) is 17.6 Å². The molecule has 0 unspecified atom stereocenters. The summed E-state index contributed by atoms with van der Waals surface area (Å²) in [7, 11) is 0. The minimum Gasteiger partial charge on any atom is -0.323 e. The van der Waals surface area contributed by atoms with Crippen LogP contribution >= 0.6 is 0 Å². The van der Waals surface area contributed by atoms with Crippen molar-refractivity contribution in [3.63, 3.8) is 0 Å². The first-order valence-electron chi connectivity index (χ1n) is 3.91. The molecule has 10 heteroatoms. The van der Waals surface area contributed by atoms with Crippen LogP contribution in [0.4, 0.5) is 27.6 Å². The van der Waals surface area contributed by atoms with Crippen LogP contribution in [0.25, 0.3) is 0 Å². The van der Waals surface area contributed by atoms with E-state index in [-0.39, 0.29) is 6.20 Å². The van der Waals surface area contributed by atoms with E-state index in [9.17, 15) is 36.9 Å². The highest BCUT2D eigenvalue weighted by molar-refractivity contribution is 5.45. The molecule has 1 N–H and O–H groups in total. The minimum atomic E-state index is -5.41. The van der Waals surface area contributed by atoms with Gasteiger partial charge in [-0.2, -0.15) is 13.2 Å². The summed E-state index contributed by atoms with van der Waals surface area (Å²) in [4.78, 5) is 21.0. The number of pyridine rings is 1. The molecule has 0 aliphatic heterocycles. The molecule has 0 spiro atoms. The zero-order valence-corrected chi connectivity index (χ0v) is 7.72. The molecule has 1 rings (SSSR count). The topological polar surface area (TPSA) is 76.0 Å². The molecule has 0 bridgehead atoms. The lowest BCUT2D eigenvalue weighted by Gasteiger charge is -2.11. The first-order chi connectivity index (χ1) is 7.66. The lowest BCUT2D eigenvalue weighted by Crippen LogP contribution is -2.21. The standard InChI is InChI=1S/C7H3F5N2O3/c8-5(9)2-1-13-6(15)4(14(16)17)3(2)7(10,11)12/h1,5H,(H,13,15). The van der Waals surface area contributed by atoms with Gasteiger partial charge in [-0.15, -0.1) is 0 Å². The normalized spacial score (nSPS) is 11.9. The van der Waals surface area contributed by atoms with Gasteiger partial charge in [0.1, 0.15) is 5.56 Å². The fourth-order valence-corrected chi connectivity index (χ4v) is 1.18. The van der Waals surface area contributed by atoms with Crippen LogP contribution in [0.15, 0.2) is 11.0 Å². The molecule has 0 saturated heterocycles. The summed E-state index contributed by atoms with van der Waals surface area (Å²) >= 11 is 0. The Morgan fingerprint density at radius 3 is 2.24 bits per heavy atom. The van der Waals surface area contributed by atoms with Gasteiger partial charge < -0.3 is 4.98 Å². The Kier molecular flexibility index (Phi) is 3.16. The van der Waals surface area contributed by atoms with Gasteiger partial charge in [0.2, 0.25) is 0 Å². The quantitative estimate of drug-likeness (QED) is 0.502. The second kappa shape index (κ2) is 4.11. The Morgan fingerprint density at radius 1 is 1.35 bits per heavy atom. The van der Waals surface area contributed by atoms with Crippen molar-refractivity contribution in [1.82, 2.24) is 4.98 Å². The van der Waals surface area contributed by atoms with E-state index in [1.807, 2.05) is 0 Å². The van der Waals surface area contributed by atoms with Crippen molar-refractivity contribution in [2.75, 3.05) is 0 Å². The molecule has 0 aliphatic carbocycles. The molecule has 5 nitrogen and oxygen atoms in total. The highest BCUT2D eigenvalue weighted by atomic mass is 19.4. The lowest BCUT2D eigenvalue weighted by molar-refractivity contribution is -0.389. The van der Waals surface area contributed by atoms with E-state index in [4.69, 9.17) is 0 Å². The molecule has 0 aliphatic rings. The van der Waals surface area contributed by atoms with Gasteiger partial charge in [-0.1, -0.05) is 0 Å². The van der Waals surface area contributed by atoms with Gasteiger partial charge in [-0.3, -0.25) is 14.9 Å². The minimum absolute atomic E-state index is 0.114. The Labute approximate surface area is 89.0 Å². The molecule has 0 radical (unpaired) electrons. The van der Waals surface area contributed by atoms with Gasteiger partial charge >= 0.3 is 17.4 Å². The molecule has 0 amide bonds. The fourth-order valence-electron chi connectivity index (χ4n) is 1.18. The van der Waals surface area contributed by atoms with Crippen molar-refractivity contribution in [2.45, 2.75) is 12.6 Å². The average Bonchev–Trinajstić information content (AvgIpc) is 2.14. The summed E-state index contributed by atoms with van der Waals surface area (Å²) in [6, 6.07) is 0. The van der Waals surface area contributed by atoms with Gasteiger partial charge in [-0.25, -0.2) is 8.78 Å². The largest absolute Gasteiger partial charge is 0.423 e. The number of nitrogens with zero attached hydrogens (tertiary/aromatic N) is 1. The number of hydrogen-bond donors (Lipinski definition) is 1. The summed E-state index contributed by atoms with van der Waals surface area (Å²) in [6.07, 6.45) is -8.90. The number of halogens is 5. The first-order valence-corrected chi connectivity index (χ1v) is 3.91. The van der Waals surface area contributed by atoms with Crippen LogP contribution in [0, 0.1) is 10.1 Å². The second-order valence-electron chi connectivity index (χ2n) is 2.85. The maximum absolute atomic E-state index is 12.4. The van der Waals surface area contributed by atoms with Crippen molar-refractivity contribution in [1.29, 1.82) is 0 Å². The SMILES string of the molecule is O=c1[nH]cc(C(F)F)c(C(F)(F)F)c1[N+](=O)[O-]. The van der Waals surface area contributed by atoms with Gasteiger partial charge in [-0.05, 0) is 0 Å². The molecule has 0 fully saturated rings. The number of aromatic nitrogens is 1. The monoisotopic (exact) mass is 258 g/mol.